The minimum Gasteiger partial charge on any atom is -0.356 e. The largest absolute Gasteiger partial charge is 0.356 e. The topological polar surface area (TPSA) is 61.4 Å². The molecular weight excluding hydrogens is 338 g/mol. The van der Waals surface area contributed by atoms with Crippen LogP contribution in [-0.4, -0.2) is 25.0 Å². The zero-order valence-electron chi connectivity index (χ0n) is 16.2. The van der Waals surface area contributed by atoms with Gasteiger partial charge in [0.05, 0.1) is 0 Å². The van der Waals surface area contributed by atoms with E-state index in [0.29, 0.717) is 25.9 Å². The standard InChI is InChI=1S/C22H29N3O2/c1-3-4-14-21(26)23-15-9-16-25(20-12-6-5-7-13-20)22(27)24-19-11-8-10-18(2)17-19/h5-8,10-13,17H,3-4,9,14-16H2,1-2H3,(H,23,26)(H,24,27). The lowest BCUT2D eigenvalue weighted by Crippen LogP contribution is -2.37. The second kappa shape index (κ2) is 11.0. The quantitative estimate of drug-likeness (QED) is 0.629. The van der Waals surface area contributed by atoms with Crippen molar-refractivity contribution in [2.75, 3.05) is 23.3 Å². The molecule has 2 aromatic rings. The highest BCUT2D eigenvalue weighted by molar-refractivity contribution is 6.01. The average Bonchev–Trinajstić information content (AvgIpc) is 2.67. The minimum atomic E-state index is -0.177. The summed E-state index contributed by atoms with van der Waals surface area (Å²) in [4.78, 5) is 26.2. The molecule has 0 unspecified atom stereocenters. The highest BCUT2D eigenvalue weighted by atomic mass is 16.2. The second-order valence-electron chi connectivity index (χ2n) is 6.59. The summed E-state index contributed by atoms with van der Waals surface area (Å²) in [5, 5.41) is 5.88. The van der Waals surface area contributed by atoms with E-state index in [9.17, 15) is 9.59 Å². The molecule has 0 saturated heterocycles. The van der Waals surface area contributed by atoms with Gasteiger partial charge in [0, 0.05) is 30.9 Å². The fourth-order valence-electron chi connectivity index (χ4n) is 2.76. The van der Waals surface area contributed by atoms with Crippen LogP contribution < -0.4 is 15.5 Å². The first kappa shape index (κ1) is 20.5. The van der Waals surface area contributed by atoms with Crippen molar-refractivity contribution in [2.24, 2.45) is 0 Å². The molecule has 144 valence electrons. The van der Waals surface area contributed by atoms with Crippen LogP contribution in [0.15, 0.2) is 54.6 Å². The maximum absolute atomic E-state index is 12.8. The van der Waals surface area contributed by atoms with E-state index in [1.54, 1.807) is 4.90 Å². The number of nitrogens with one attached hydrogen (secondary N) is 2. The Bertz CT molecular complexity index is 731. The highest BCUT2D eigenvalue weighted by Crippen LogP contribution is 2.17. The molecule has 27 heavy (non-hydrogen) atoms. The third-order valence-electron chi connectivity index (χ3n) is 4.22. The lowest BCUT2D eigenvalue weighted by Gasteiger charge is -2.23. The number of carbonyl (C=O) groups is 2. The summed E-state index contributed by atoms with van der Waals surface area (Å²) in [5.74, 6) is 0.0762. The van der Waals surface area contributed by atoms with Gasteiger partial charge in [-0.05, 0) is 49.6 Å². The number of unbranched alkanes of at least 4 members (excludes halogenated alkanes) is 1. The van der Waals surface area contributed by atoms with Crippen molar-refractivity contribution < 1.29 is 9.59 Å². The SMILES string of the molecule is CCCCC(=O)NCCCN(C(=O)Nc1cccc(C)c1)c1ccccc1. The molecule has 0 aromatic heterocycles. The van der Waals surface area contributed by atoms with E-state index in [-0.39, 0.29) is 11.9 Å². The van der Waals surface area contributed by atoms with Gasteiger partial charge in [0.25, 0.3) is 0 Å². The van der Waals surface area contributed by atoms with Gasteiger partial charge < -0.3 is 10.6 Å². The van der Waals surface area contributed by atoms with Crippen molar-refractivity contribution in [1.82, 2.24) is 5.32 Å². The number of aryl methyl sites for hydroxylation is 1. The predicted octanol–water partition coefficient (Wildman–Crippen LogP) is 4.73. The van der Waals surface area contributed by atoms with E-state index < -0.39 is 0 Å². The molecule has 0 atom stereocenters. The van der Waals surface area contributed by atoms with Gasteiger partial charge in [0.2, 0.25) is 5.91 Å². The van der Waals surface area contributed by atoms with Gasteiger partial charge >= 0.3 is 6.03 Å². The Labute approximate surface area is 161 Å². The van der Waals surface area contributed by atoms with E-state index in [2.05, 4.69) is 17.6 Å². The molecule has 0 bridgehead atoms. The van der Waals surface area contributed by atoms with Gasteiger partial charge in [-0.2, -0.15) is 0 Å². The Morgan fingerprint density at radius 2 is 1.78 bits per heavy atom. The fourth-order valence-corrected chi connectivity index (χ4v) is 2.76. The molecular formula is C22H29N3O2. The third kappa shape index (κ3) is 7.13. The van der Waals surface area contributed by atoms with Crippen molar-refractivity contribution in [1.29, 1.82) is 0 Å². The predicted molar refractivity (Wildman–Crippen MR) is 111 cm³/mol. The van der Waals surface area contributed by atoms with E-state index in [0.717, 1.165) is 29.8 Å². The van der Waals surface area contributed by atoms with Crippen molar-refractivity contribution in [3.8, 4) is 0 Å². The van der Waals surface area contributed by atoms with Gasteiger partial charge in [-0.3, -0.25) is 9.69 Å². The molecule has 0 aliphatic rings. The first-order valence-electron chi connectivity index (χ1n) is 9.57. The second-order valence-corrected chi connectivity index (χ2v) is 6.59. The number of hydrogen-bond donors (Lipinski definition) is 2. The van der Waals surface area contributed by atoms with E-state index in [1.165, 1.54) is 0 Å². The Morgan fingerprint density at radius 1 is 1.00 bits per heavy atom. The fraction of sp³-hybridized carbons (Fsp3) is 0.364. The monoisotopic (exact) mass is 367 g/mol. The summed E-state index contributed by atoms with van der Waals surface area (Å²) in [6.45, 7) is 5.14. The summed E-state index contributed by atoms with van der Waals surface area (Å²) in [6, 6.07) is 17.1. The van der Waals surface area contributed by atoms with Crippen molar-refractivity contribution in [3.05, 3.63) is 60.2 Å². The van der Waals surface area contributed by atoms with Gasteiger partial charge in [-0.1, -0.05) is 43.7 Å². The zero-order chi connectivity index (χ0) is 19.5. The molecule has 0 saturated carbocycles. The van der Waals surface area contributed by atoms with Gasteiger partial charge in [-0.25, -0.2) is 4.79 Å². The maximum Gasteiger partial charge on any atom is 0.326 e. The van der Waals surface area contributed by atoms with Crippen LogP contribution >= 0.6 is 0 Å². The van der Waals surface area contributed by atoms with Crippen LogP contribution in [-0.2, 0) is 4.79 Å². The first-order chi connectivity index (χ1) is 13.1. The minimum absolute atomic E-state index is 0.0762. The molecule has 2 rings (SSSR count). The van der Waals surface area contributed by atoms with Crippen molar-refractivity contribution >= 4 is 23.3 Å². The van der Waals surface area contributed by atoms with Crippen LogP contribution in [0.4, 0.5) is 16.2 Å². The molecule has 5 heteroatoms. The number of carbonyl (C=O) groups excluding carboxylic acids is 2. The Balaban J connectivity index is 1.95. The number of benzene rings is 2. The number of urea groups is 1. The van der Waals surface area contributed by atoms with Crippen LogP contribution in [0.5, 0.6) is 0 Å². The lowest BCUT2D eigenvalue weighted by molar-refractivity contribution is -0.121. The Morgan fingerprint density at radius 3 is 2.48 bits per heavy atom. The number of anilines is 2. The summed E-state index contributed by atoms with van der Waals surface area (Å²) in [6.07, 6.45) is 3.16. The third-order valence-corrected chi connectivity index (χ3v) is 4.22. The molecule has 0 spiro atoms. The number of hydrogen-bond acceptors (Lipinski definition) is 2. The smallest absolute Gasteiger partial charge is 0.326 e. The van der Waals surface area contributed by atoms with E-state index >= 15 is 0 Å². The molecule has 0 radical (unpaired) electrons. The van der Waals surface area contributed by atoms with Crippen LogP contribution in [0.3, 0.4) is 0 Å². The molecule has 0 aliphatic carbocycles. The lowest BCUT2D eigenvalue weighted by atomic mass is 10.2. The molecule has 2 aromatic carbocycles. The molecule has 0 heterocycles. The van der Waals surface area contributed by atoms with Gasteiger partial charge in [0.15, 0.2) is 0 Å². The molecule has 3 amide bonds. The highest BCUT2D eigenvalue weighted by Gasteiger charge is 2.15. The van der Waals surface area contributed by atoms with Crippen LogP contribution in [0.1, 0.15) is 38.2 Å². The summed E-state index contributed by atoms with van der Waals surface area (Å²) in [7, 11) is 0. The van der Waals surface area contributed by atoms with Crippen LogP contribution in [0.25, 0.3) is 0 Å². The number of amides is 3. The molecule has 0 fully saturated rings. The van der Waals surface area contributed by atoms with Crippen molar-refractivity contribution in [2.45, 2.75) is 39.5 Å². The maximum atomic E-state index is 12.8. The van der Waals surface area contributed by atoms with Crippen LogP contribution in [0.2, 0.25) is 0 Å². The van der Waals surface area contributed by atoms with E-state index in [4.69, 9.17) is 0 Å². The summed E-state index contributed by atoms with van der Waals surface area (Å²) in [5.41, 5.74) is 2.70. The summed E-state index contributed by atoms with van der Waals surface area (Å²) < 4.78 is 0. The van der Waals surface area contributed by atoms with Gasteiger partial charge in [-0.15, -0.1) is 0 Å². The number of para-hydroxylation sites is 1. The molecule has 5 nitrogen and oxygen atoms in total. The summed E-state index contributed by atoms with van der Waals surface area (Å²) >= 11 is 0. The number of rotatable bonds is 9. The number of nitrogens with zero attached hydrogens (tertiary/aromatic N) is 1. The Hall–Kier alpha value is -2.82. The normalized spacial score (nSPS) is 10.3. The van der Waals surface area contributed by atoms with E-state index in [1.807, 2.05) is 61.5 Å². The first-order valence-corrected chi connectivity index (χ1v) is 9.57. The Kier molecular flexibility index (Phi) is 8.36. The molecule has 0 aliphatic heterocycles. The van der Waals surface area contributed by atoms with Gasteiger partial charge in [0.1, 0.15) is 0 Å². The average molecular weight is 367 g/mol. The zero-order valence-corrected chi connectivity index (χ0v) is 16.2. The molecule has 2 N–H and O–H groups in total. The van der Waals surface area contributed by atoms with Crippen molar-refractivity contribution in [3.63, 3.8) is 0 Å². The van der Waals surface area contributed by atoms with Crippen LogP contribution in [0, 0.1) is 6.92 Å².